The van der Waals surface area contributed by atoms with Gasteiger partial charge in [0.2, 0.25) is 11.7 Å². The number of ether oxygens (including phenoxy) is 1. The molecule has 0 bridgehead atoms. The molecule has 9 nitrogen and oxygen atoms in total. The molecule has 9 heteroatoms. The Morgan fingerprint density at radius 2 is 1.97 bits per heavy atom. The van der Waals surface area contributed by atoms with Crippen molar-refractivity contribution in [2.45, 2.75) is 25.7 Å². The summed E-state index contributed by atoms with van der Waals surface area (Å²) in [6.45, 7) is 3.29. The molecule has 0 unspecified atom stereocenters. The second kappa shape index (κ2) is 10.5. The quantitative estimate of drug-likeness (QED) is 0.447. The van der Waals surface area contributed by atoms with Crippen LogP contribution in [0, 0.1) is 0 Å². The van der Waals surface area contributed by atoms with E-state index >= 15 is 0 Å². The monoisotopic (exact) mass is 447 g/mol. The molecule has 1 N–H and O–H groups in total. The van der Waals surface area contributed by atoms with Crippen LogP contribution in [0.25, 0.3) is 17.6 Å². The van der Waals surface area contributed by atoms with Gasteiger partial charge in [0.1, 0.15) is 5.69 Å². The first-order valence-electron chi connectivity index (χ1n) is 10.9. The molecule has 1 aliphatic rings. The van der Waals surface area contributed by atoms with E-state index in [0.717, 1.165) is 18.4 Å². The topological polar surface area (TPSA) is 110 Å². The van der Waals surface area contributed by atoms with E-state index < -0.39 is 0 Å². The number of nitrogens with zero attached hydrogens (tertiary/aromatic N) is 4. The van der Waals surface area contributed by atoms with E-state index in [1.165, 1.54) is 6.08 Å². The number of piperidine rings is 1. The number of esters is 1. The van der Waals surface area contributed by atoms with Crippen molar-refractivity contribution < 1.29 is 18.8 Å². The van der Waals surface area contributed by atoms with Crippen LogP contribution < -0.4 is 5.32 Å². The molecule has 3 heterocycles. The fraction of sp³-hybridized carbons (Fsp3) is 0.292. The molecule has 0 aliphatic carbocycles. The molecule has 3 aromatic rings. The number of anilines is 1. The second-order valence-electron chi connectivity index (χ2n) is 7.57. The highest BCUT2D eigenvalue weighted by atomic mass is 16.5. The molecule has 0 saturated carbocycles. The number of amides is 2. The van der Waals surface area contributed by atoms with Crippen LogP contribution in [0.15, 0.2) is 59.3 Å². The first kappa shape index (κ1) is 22.2. The average molecular weight is 447 g/mol. The fourth-order valence-electron chi connectivity index (χ4n) is 3.56. The summed E-state index contributed by atoms with van der Waals surface area (Å²) < 4.78 is 10.3. The number of pyridine rings is 1. The number of hydrogen-bond acceptors (Lipinski definition) is 7. The van der Waals surface area contributed by atoms with Crippen LogP contribution >= 0.6 is 0 Å². The number of rotatable bonds is 6. The molecule has 2 aromatic heterocycles. The van der Waals surface area contributed by atoms with Crippen molar-refractivity contribution in [3.63, 3.8) is 0 Å². The van der Waals surface area contributed by atoms with Crippen molar-refractivity contribution in [2.75, 3.05) is 25.0 Å². The van der Waals surface area contributed by atoms with Crippen molar-refractivity contribution in [3.8, 4) is 11.5 Å². The Bertz CT molecular complexity index is 1100. The van der Waals surface area contributed by atoms with Gasteiger partial charge in [0.25, 0.3) is 0 Å². The van der Waals surface area contributed by atoms with Gasteiger partial charge in [0, 0.05) is 37.0 Å². The van der Waals surface area contributed by atoms with Gasteiger partial charge in [-0.25, -0.2) is 9.59 Å². The maximum atomic E-state index is 12.7. The SMILES string of the molecule is CCOC(=O)/C=C/c1ccc(NC(=O)N2CCC(c3nc(-c4ccccn4)no3)CC2)cc1. The van der Waals surface area contributed by atoms with Crippen molar-refractivity contribution in [1.29, 1.82) is 0 Å². The number of aromatic nitrogens is 3. The van der Waals surface area contributed by atoms with Crippen LogP contribution in [-0.4, -0.2) is 51.7 Å². The Kier molecular flexibility index (Phi) is 7.09. The molecule has 1 aromatic carbocycles. The minimum absolute atomic E-state index is 0.115. The molecule has 1 fully saturated rings. The lowest BCUT2D eigenvalue weighted by atomic mass is 9.97. The second-order valence-corrected chi connectivity index (χ2v) is 7.57. The molecule has 0 radical (unpaired) electrons. The Hall–Kier alpha value is -4.01. The van der Waals surface area contributed by atoms with Gasteiger partial charge in [0.15, 0.2) is 0 Å². The van der Waals surface area contributed by atoms with Crippen LogP contribution in [0.3, 0.4) is 0 Å². The molecule has 33 heavy (non-hydrogen) atoms. The maximum Gasteiger partial charge on any atom is 0.330 e. The maximum absolute atomic E-state index is 12.7. The summed E-state index contributed by atoms with van der Waals surface area (Å²) in [5.41, 5.74) is 2.20. The summed E-state index contributed by atoms with van der Waals surface area (Å²) in [6.07, 6.45) is 6.23. The van der Waals surface area contributed by atoms with Gasteiger partial charge >= 0.3 is 12.0 Å². The van der Waals surface area contributed by atoms with E-state index in [9.17, 15) is 9.59 Å². The standard InChI is InChI=1S/C24H25N5O4/c1-2-32-21(30)11-8-17-6-9-19(10-7-17)26-24(31)29-15-12-18(13-16-29)23-27-22(28-33-23)20-5-3-4-14-25-20/h3-11,14,18H,2,12-13,15-16H2,1H3,(H,26,31)/b11-8+. The van der Waals surface area contributed by atoms with Gasteiger partial charge in [-0.1, -0.05) is 23.4 Å². The third kappa shape index (κ3) is 5.82. The largest absolute Gasteiger partial charge is 0.463 e. The van der Waals surface area contributed by atoms with Crippen LogP contribution in [0.4, 0.5) is 10.5 Å². The zero-order chi connectivity index (χ0) is 23.0. The summed E-state index contributed by atoms with van der Waals surface area (Å²) in [7, 11) is 0. The molecule has 2 amide bonds. The Labute approximate surface area is 191 Å². The number of carbonyl (C=O) groups is 2. The van der Waals surface area contributed by atoms with E-state index in [1.54, 1.807) is 36.2 Å². The van der Waals surface area contributed by atoms with Gasteiger partial charge < -0.3 is 19.5 Å². The summed E-state index contributed by atoms with van der Waals surface area (Å²) in [6, 6.07) is 12.7. The smallest absolute Gasteiger partial charge is 0.330 e. The summed E-state index contributed by atoms with van der Waals surface area (Å²) >= 11 is 0. The summed E-state index contributed by atoms with van der Waals surface area (Å²) in [5, 5.41) is 6.95. The van der Waals surface area contributed by atoms with Crippen molar-refractivity contribution in [1.82, 2.24) is 20.0 Å². The molecule has 0 atom stereocenters. The zero-order valence-electron chi connectivity index (χ0n) is 18.3. The summed E-state index contributed by atoms with van der Waals surface area (Å²) in [5.74, 6) is 0.796. The third-order valence-corrected chi connectivity index (χ3v) is 5.33. The van der Waals surface area contributed by atoms with Crippen molar-refractivity contribution in [3.05, 3.63) is 66.2 Å². The Balaban J connectivity index is 1.27. The van der Waals surface area contributed by atoms with Crippen LogP contribution in [-0.2, 0) is 9.53 Å². The first-order valence-corrected chi connectivity index (χ1v) is 10.9. The predicted molar refractivity (Wildman–Crippen MR) is 122 cm³/mol. The van der Waals surface area contributed by atoms with Crippen LogP contribution in [0.1, 0.15) is 37.1 Å². The number of urea groups is 1. The third-order valence-electron chi connectivity index (χ3n) is 5.33. The number of hydrogen-bond donors (Lipinski definition) is 1. The van der Waals surface area contributed by atoms with Crippen LogP contribution in [0.5, 0.6) is 0 Å². The van der Waals surface area contributed by atoms with E-state index in [0.29, 0.717) is 42.8 Å². The highest BCUT2D eigenvalue weighted by Gasteiger charge is 2.27. The zero-order valence-corrected chi connectivity index (χ0v) is 18.3. The molecular formula is C24H25N5O4. The van der Waals surface area contributed by atoms with Crippen molar-refractivity contribution in [2.24, 2.45) is 0 Å². The van der Waals surface area contributed by atoms with E-state index in [4.69, 9.17) is 9.26 Å². The normalized spacial score (nSPS) is 14.4. The Morgan fingerprint density at radius 3 is 2.67 bits per heavy atom. The minimum Gasteiger partial charge on any atom is -0.463 e. The highest BCUT2D eigenvalue weighted by Crippen LogP contribution is 2.28. The average Bonchev–Trinajstić information content (AvgIpc) is 3.35. The first-order chi connectivity index (χ1) is 16.1. The molecule has 4 rings (SSSR count). The molecule has 1 aliphatic heterocycles. The van der Waals surface area contributed by atoms with Crippen LogP contribution in [0.2, 0.25) is 0 Å². The van der Waals surface area contributed by atoms with E-state index in [-0.39, 0.29) is 17.9 Å². The summed E-state index contributed by atoms with van der Waals surface area (Å²) in [4.78, 5) is 34.6. The molecule has 170 valence electrons. The van der Waals surface area contributed by atoms with Gasteiger partial charge in [-0.3, -0.25) is 4.98 Å². The molecular weight excluding hydrogens is 422 g/mol. The minimum atomic E-state index is -0.383. The Morgan fingerprint density at radius 1 is 1.18 bits per heavy atom. The lowest BCUT2D eigenvalue weighted by Crippen LogP contribution is -2.40. The number of likely N-dealkylation sites (tertiary alicyclic amines) is 1. The fourth-order valence-corrected chi connectivity index (χ4v) is 3.56. The number of carbonyl (C=O) groups excluding carboxylic acids is 2. The lowest BCUT2D eigenvalue weighted by Gasteiger charge is -2.30. The predicted octanol–water partition coefficient (Wildman–Crippen LogP) is 4.12. The number of benzene rings is 1. The van der Waals surface area contributed by atoms with E-state index in [1.807, 2.05) is 30.3 Å². The molecule has 0 spiro atoms. The lowest BCUT2D eigenvalue weighted by molar-refractivity contribution is -0.137. The van der Waals surface area contributed by atoms with Gasteiger partial charge in [-0.05, 0) is 55.7 Å². The highest BCUT2D eigenvalue weighted by molar-refractivity contribution is 5.90. The van der Waals surface area contributed by atoms with Gasteiger partial charge in [0.05, 0.1) is 6.61 Å². The van der Waals surface area contributed by atoms with Gasteiger partial charge in [-0.15, -0.1) is 0 Å². The van der Waals surface area contributed by atoms with Gasteiger partial charge in [-0.2, -0.15) is 4.98 Å². The van der Waals surface area contributed by atoms with Crippen molar-refractivity contribution >= 4 is 23.8 Å². The number of nitrogens with one attached hydrogen (secondary N) is 1. The molecule has 1 saturated heterocycles. The van der Waals surface area contributed by atoms with E-state index in [2.05, 4.69) is 20.4 Å².